The van der Waals surface area contributed by atoms with Crippen molar-refractivity contribution in [2.45, 2.75) is 19.3 Å². The van der Waals surface area contributed by atoms with E-state index in [1.807, 2.05) is 18.2 Å². The Morgan fingerprint density at radius 3 is 2.65 bits per heavy atom. The maximum atomic E-state index is 8.56. The van der Waals surface area contributed by atoms with Crippen molar-refractivity contribution in [3.8, 4) is 0 Å². The molecule has 17 heavy (non-hydrogen) atoms. The quantitative estimate of drug-likeness (QED) is 0.342. The van der Waals surface area contributed by atoms with Crippen LogP contribution in [0.1, 0.15) is 19.3 Å². The van der Waals surface area contributed by atoms with E-state index in [2.05, 4.69) is 22.2 Å². The normalized spacial score (nSPS) is 15.9. The van der Waals surface area contributed by atoms with Crippen molar-refractivity contribution in [1.82, 2.24) is 0 Å². The molecule has 1 aromatic carbocycles. The van der Waals surface area contributed by atoms with E-state index in [4.69, 9.17) is 10.9 Å². The summed E-state index contributed by atoms with van der Waals surface area (Å²) in [6, 6.07) is 10.3. The minimum atomic E-state index is 0.293. The molecule has 4 heteroatoms. The van der Waals surface area contributed by atoms with Crippen LogP contribution in [0.2, 0.25) is 0 Å². The van der Waals surface area contributed by atoms with Gasteiger partial charge in [-0.3, -0.25) is 0 Å². The third kappa shape index (κ3) is 3.66. The van der Waals surface area contributed by atoms with Gasteiger partial charge in [0.25, 0.3) is 0 Å². The second-order valence-electron chi connectivity index (χ2n) is 4.57. The van der Waals surface area contributed by atoms with E-state index in [0.717, 1.165) is 19.0 Å². The minimum Gasteiger partial charge on any atom is -0.409 e. The van der Waals surface area contributed by atoms with Gasteiger partial charge in [0.1, 0.15) is 5.84 Å². The number of hydrogen-bond donors (Lipinski definition) is 2. The molecule has 0 radical (unpaired) electrons. The lowest BCUT2D eigenvalue weighted by atomic mass is 10.2. The highest BCUT2D eigenvalue weighted by Gasteiger charge is 2.24. The number of benzene rings is 1. The van der Waals surface area contributed by atoms with Gasteiger partial charge in [0, 0.05) is 25.2 Å². The van der Waals surface area contributed by atoms with Crippen LogP contribution in [0.25, 0.3) is 0 Å². The van der Waals surface area contributed by atoms with E-state index in [0.29, 0.717) is 12.3 Å². The molecule has 1 aromatic rings. The summed E-state index contributed by atoms with van der Waals surface area (Å²) in [6.07, 6.45) is 3.25. The number of para-hydroxylation sites is 1. The molecule has 92 valence electrons. The molecule has 0 aliphatic heterocycles. The van der Waals surface area contributed by atoms with Crippen molar-refractivity contribution in [3.05, 3.63) is 30.3 Å². The molecule has 0 heterocycles. The second kappa shape index (κ2) is 5.57. The first-order chi connectivity index (χ1) is 8.29. The minimum absolute atomic E-state index is 0.293. The molecule has 0 unspecified atom stereocenters. The summed E-state index contributed by atoms with van der Waals surface area (Å²) in [5.74, 6) is 1.12. The summed E-state index contributed by atoms with van der Waals surface area (Å²) >= 11 is 0. The average Bonchev–Trinajstić information content (AvgIpc) is 3.19. The lowest BCUT2D eigenvalue weighted by Gasteiger charge is -2.24. The molecule has 3 N–H and O–H groups in total. The van der Waals surface area contributed by atoms with Gasteiger partial charge in [-0.2, -0.15) is 0 Å². The van der Waals surface area contributed by atoms with E-state index in [1.54, 1.807) is 0 Å². The fraction of sp³-hybridized carbons (Fsp3) is 0.462. The molecule has 0 spiro atoms. The van der Waals surface area contributed by atoms with Crippen molar-refractivity contribution in [1.29, 1.82) is 0 Å². The highest BCUT2D eigenvalue weighted by atomic mass is 16.4. The van der Waals surface area contributed by atoms with Gasteiger partial charge in [0.2, 0.25) is 0 Å². The number of amidine groups is 1. The van der Waals surface area contributed by atoms with Crippen LogP contribution < -0.4 is 10.6 Å². The Hall–Kier alpha value is -1.71. The third-order valence-corrected chi connectivity index (χ3v) is 3.06. The highest BCUT2D eigenvalue weighted by Crippen LogP contribution is 2.31. The van der Waals surface area contributed by atoms with E-state index in [-0.39, 0.29) is 0 Å². The second-order valence-corrected chi connectivity index (χ2v) is 4.57. The van der Waals surface area contributed by atoms with Gasteiger partial charge < -0.3 is 15.8 Å². The summed E-state index contributed by atoms with van der Waals surface area (Å²) in [5, 5.41) is 11.6. The van der Waals surface area contributed by atoms with Crippen LogP contribution in [0.3, 0.4) is 0 Å². The topological polar surface area (TPSA) is 61.8 Å². The monoisotopic (exact) mass is 233 g/mol. The molecule has 0 bridgehead atoms. The maximum absolute atomic E-state index is 8.56. The van der Waals surface area contributed by atoms with Gasteiger partial charge in [-0.15, -0.1) is 0 Å². The molecule has 1 saturated carbocycles. The van der Waals surface area contributed by atoms with Gasteiger partial charge in [-0.25, -0.2) is 0 Å². The number of oxime groups is 1. The molecule has 0 saturated heterocycles. The standard InChI is InChI=1S/C13H19N3O/c14-13(15-17)8-9-16(10-11-6-7-11)12-4-2-1-3-5-12/h1-5,11,17H,6-10H2,(H2,14,15). The summed E-state index contributed by atoms with van der Waals surface area (Å²) in [6.45, 7) is 1.87. The zero-order chi connectivity index (χ0) is 12.1. The smallest absolute Gasteiger partial charge is 0.140 e. The fourth-order valence-corrected chi connectivity index (χ4v) is 1.88. The Morgan fingerprint density at radius 2 is 2.06 bits per heavy atom. The molecule has 4 nitrogen and oxygen atoms in total. The van der Waals surface area contributed by atoms with Crippen molar-refractivity contribution in [2.75, 3.05) is 18.0 Å². The number of anilines is 1. The Morgan fingerprint density at radius 1 is 1.35 bits per heavy atom. The van der Waals surface area contributed by atoms with Crippen LogP contribution in [-0.4, -0.2) is 24.1 Å². The highest BCUT2D eigenvalue weighted by molar-refractivity contribution is 5.80. The van der Waals surface area contributed by atoms with E-state index < -0.39 is 0 Å². The number of rotatable bonds is 6. The Kier molecular flexibility index (Phi) is 3.85. The SMILES string of the molecule is N/C(CCN(CC1CC1)c1ccccc1)=N\O. The lowest BCUT2D eigenvalue weighted by Crippen LogP contribution is -2.30. The molecular formula is C13H19N3O. The van der Waals surface area contributed by atoms with Gasteiger partial charge in [-0.05, 0) is 30.9 Å². The van der Waals surface area contributed by atoms with Gasteiger partial charge in [-0.1, -0.05) is 23.4 Å². The predicted molar refractivity (Wildman–Crippen MR) is 69.4 cm³/mol. The summed E-state index contributed by atoms with van der Waals surface area (Å²) < 4.78 is 0. The Bertz CT molecular complexity index is 374. The zero-order valence-corrected chi connectivity index (χ0v) is 9.92. The predicted octanol–water partition coefficient (Wildman–Crippen LogP) is 2.04. The Balaban J connectivity index is 1.97. The molecule has 1 fully saturated rings. The summed E-state index contributed by atoms with van der Waals surface area (Å²) in [4.78, 5) is 2.32. The first-order valence-corrected chi connectivity index (χ1v) is 6.06. The van der Waals surface area contributed by atoms with Crippen molar-refractivity contribution >= 4 is 11.5 Å². The van der Waals surface area contributed by atoms with Gasteiger partial charge in [0.05, 0.1) is 0 Å². The molecule has 1 aliphatic rings. The van der Waals surface area contributed by atoms with Crippen LogP contribution >= 0.6 is 0 Å². The van der Waals surface area contributed by atoms with Crippen molar-refractivity contribution < 1.29 is 5.21 Å². The first-order valence-electron chi connectivity index (χ1n) is 6.06. The van der Waals surface area contributed by atoms with E-state index >= 15 is 0 Å². The largest absolute Gasteiger partial charge is 0.409 e. The molecule has 0 amide bonds. The maximum Gasteiger partial charge on any atom is 0.140 e. The number of nitrogens with zero attached hydrogens (tertiary/aromatic N) is 2. The van der Waals surface area contributed by atoms with E-state index in [1.165, 1.54) is 18.5 Å². The zero-order valence-electron chi connectivity index (χ0n) is 9.92. The van der Waals surface area contributed by atoms with Gasteiger partial charge in [0.15, 0.2) is 0 Å². The van der Waals surface area contributed by atoms with Crippen molar-refractivity contribution in [2.24, 2.45) is 16.8 Å². The summed E-state index contributed by atoms with van der Waals surface area (Å²) in [7, 11) is 0. The molecule has 0 aromatic heterocycles. The van der Waals surface area contributed by atoms with Crippen LogP contribution in [0.15, 0.2) is 35.5 Å². The number of nitrogens with two attached hydrogens (primary N) is 1. The Labute approximate surface area is 102 Å². The van der Waals surface area contributed by atoms with Crippen LogP contribution in [-0.2, 0) is 0 Å². The average molecular weight is 233 g/mol. The fourth-order valence-electron chi connectivity index (χ4n) is 1.88. The molecule has 2 rings (SSSR count). The van der Waals surface area contributed by atoms with Crippen molar-refractivity contribution in [3.63, 3.8) is 0 Å². The van der Waals surface area contributed by atoms with E-state index in [9.17, 15) is 0 Å². The van der Waals surface area contributed by atoms with Crippen LogP contribution in [0.5, 0.6) is 0 Å². The molecular weight excluding hydrogens is 214 g/mol. The lowest BCUT2D eigenvalue weighted by molar-refractivity contribution is 0.317. The molecule has 1 aliphatic carbocycles. The van der Waals surface area contributed by atoms with Crippen LogP contribution in [0.4, 0.5) is 5.69 Å². The first kappa shape index (κ1) is 11.8. The van der Waals surface area contributed by atoms with Gasteiger partial charge >= 0.3 is 0 Å². The number of hydrogen-bond acceptors (Lipinski definition) is 3. The summed E-state index contributed by atoms with van der Waals surface area (Å²) in [5.41, 5.74) is 6.73. The third-order valence-electron chi connectivity index (χ3n) is 3.06. The molecule has 0 atom stereocenters. The van der Waals surface area contributed by atoms with Crippen LogP contribution in [0, 0.1) is 5.92 Å².